The lowest BCUT2D eigenvalue weighted by atomic mass is 10.2. The van der Waals surface area contributed by atoms with Gasteiger partial charge in [0.25, 0.3) is 0 Å². The van der Waals surface area contributed by atoms with Crippen molar-refractivity contribution in [3.63, 3.8) is 0 Å². The van der Waals surface area contributed by atoms with E-state index in [-0.39, 0.29) is 0 Å². The fourth-order valence-corrected chi connectivity index (χ4v) is 2.91. The van der Waals surface area contributed by atoms with Crippen LogP contribution < -0.4 is 10.6 Å². The van der Waals surface area contributed by atoms with E-state index >= 15 is 0 Å². The zero-order valence-corrected chi connectivity index (χ0v) is 14.5. The van der Waals surface area contributed by atoms with Crippen LogP contribution in [0.1, 0.15) is 29.3 Å². The highest BCUT2D eigenvalue weighted by Crippen LogP contribution is 2.13. The minimum Gasteiger partial charge on any atom is -0.357 e. The third-order valence-electron chi connectivity index (χ3n) is 3.01. The molecule has 1 aromatic carbocycles. The van der Waals surface area contributed by atoms with Crippen LogP contribution in [0.5, 0.6) is 0 Å². The van der Waals surface area contributed by atoms with Crippen molar-refractivity contribution in [3.05, 3.63) is 50.9 Å². The molecule has 0 saturated heterocycles. The van der Waals surface area contributed by atoms with Gasteiger partial charge in [-0.15, -0.1) is 11.3 Å². The first-order valence-corrected chi connectivity index (χ1v) is 8.61. The van der Waals surface area contributed by atoms with Gasteiger partial charge in [-0.1, -0.05) is 30.7 Å². The molecular weight excluding hydrogens is 316 g/mol. The number of hydrogen-bond acceptors (Lipinski definition) is 3. The van der Waals surface area contributed by atoms with Gasteiger partial charge in [-0.3, -0.25) is 0 Å². The van der Waals surface area contributed by atoms with Crippen molar-refractivity contribution in [2.24, 2.45) is 4.99 Å². The van der Waals surface area contributed by atoms with Gasteiger partial charge in [-0.05, 0) is 31.0 Å². The lowest BCUT2D eigenvalue weighted by Crippen LogP contribution is -2.36. The summed E-state index contributed by atoms with van der Waals surface area (Å²) in [5.41, 5.74) is 1.09. The molecule has 0 amide bonds. The van der Waals surface area contributed by atoms with Gasteiger partial charge in [0, 0.05) is 22.6 Å². The number of halogens is 1. The van der Waals surface area contributed by atoms with Gasteiger partial charge in [0.1, 0.15) is 5.01 Å². The number of guanidine groups is 1. The summed E-state index contributed by atoms with van der Waals surface area (Å²) in [4.78, 5) is 10.3. The first kappa shape index (κ1) is 16.8. The van der Waals surface area contributed by atoms with E-state index in [2.05, 4.69) is 34.5 Å². The maximum absolute atomic E-state index is 5.99. The first-order chi connectivity index (χ1) is 10.7. The highest BCUT2D eigenvalue weighted by Gasteiger charge is 2.03. The zero-order valence-electron chi connectivity index (χ0n) is 12.9. The molecule has 22 heavy (non-hydrogen) atoms. The number of nitrogens with one attached hydrogen (secondary N) is 2. The zero-order chi connectivity index (χ0) is 15.8. The predicted molar refractivity (Wildman–Crippen MR) is 94.6 cm³/mol. The molecule has 0 radical (unpaired) electrons. The molecule has 2 N–H and O–H groups in total. The van der Waals surface area contributed by atoms with Crippen molar-refractivity contribution in [2.75, 3.05) is 6.54 Å². The Bertz CT molecular complexity index is 624. The summed E-state index contributed by atoms with van der Waals surface area (Å²) in [5.74, 6) is 0.788. The molecule has 0 atom stereocenters. The topological polar surface area (TPSA) is 49.3 Å². The van der Waals surface area contributed by atoms with E-state index in [0.29, 0.717) is 13.1 Å². The molecule has 6 heteroatoms. The minimum absolute atomic E-state index is 0.591. The van der Waals surface area contributed by atoms with Crippen molar-refractivity contribution in [3.8, 4) is 0 Å². The molecule has 0 fully saturated rings. The molecule has 0 bridgehead atoms. The maximum Gasteiger partial charge on any atom is 0.191 e. The molecule has 118 valence electrons. The molecule has 1 heterocycles. The fourth-order valence-electron chi connectivity index (χ4n) is 1.90. The number of rotatable bonds is 6. The van der Waals surface area contributed by atoms with Gasteiger partial charge in [0.2, 0.25) is 0 Å². The molecule has 4 nitrogen and oxygen atoms in total. The van der Waals surface area contributed by atoms with E-state index in [1.807, 2.05) is 30.5 Å². The third-order valence-corrected chi connectivity index (χ3v) is 4.39. The summed E-state index contributed by atoms with van der Waals surface area (Å²) in [6.45, 7) is 6.29. The number of thiazole rings is 1. The Morgan fingerprint density at radius 2 is 2.18 bits per heavy atom. The Labute approximate surface area is 140 Å². The largest absolute Gasteiger partial charge is 0.357 e. The predicted octanol–water partition coefficient (Wildman–Crippen LogP) is 3.61. The quantitative estimate of drug-likeness (QED) is 0.625. The average Bonchev–Trinajstić information content (AvgIpc) is 2.98. The summed E-state index contributed by atoms with van der Waals surface area (Å²) in [7, 11) is 0. The summed E-state index contributed by atoms with van der Waals surface area (Å²) in [5, 5.41) is 8.37. The second-order valence-corrected chi connectivity index (χ2v) is 6.39. The van der Waals surface area contributed by atoms with Gasteiger partial charge >= 0.3 is 0 Å². The lowest BCUT2D eigenvalue weighted by Gasteiger charge is -2.10. The molecule has 0 aliphatic heterocycles. The standard InChI is InChI=1S/C16H21ClN4S/c1-3-14-10-19-15(22-14)11-21-16(18-4-2)20-9-12-6-5-7-13(17)8-12/h5-8,10H,3-4,9,11H2,1-2H3,(H2,18,20,21). The molecule has 0 spiro atoms. The van der Waals surface area contributed by atoms with Gasteiger partial charge < -0.3 is 10.6 Å². The van der Waals surface area contributed by atoms with E-state index < -0.39 is 0 Å². The van der Waals surface area contributed by atoms with Crippen LogP contribution in [-0.2, 0) is 19.5 Å². The second-order valence-electron chi connectivity index (χ2n) is 4.75. The van der Waals surface area contributed by atoms with Crippen LogP contribution in [0.15, 0.2) is 35.5 Å². The monoisotopic (exact) mass is 336 g/mol. The number of nitrogens with zero attached hydrogens (tertiary/aromatic N) is 2. The Balaban J connectivity index is 1.94. The molecule has 2 rings (SSSR count). The van der Waals surface area contributed by atoms with Crippen LogP contribution in [0.2, 0.25) is 5.02 Å². The smallest absolute Gasteiger partial charge is 0.191 e. The number of aliphatic imine (C=N–C) groups is 1. The molecular formula is C16H21ClN4S. The van der Waals surface area contributed by atoms with E-state index in [4.69, 9.17) is 11.6 Å². The van der Waals surface area contributed by atoms with Crippen LogP contribution >= 0.6 is 22.9 Å². The molecule has 0 aliphatic carbocycles. The third kappa shape index (κ3) is 5.31. The Kier molecular flexibility index (Phi) is 6.68. The summed E-state index contributed by atoms with van der Waals surface area (Å²) in [6.07, 6.45) is 2.97. The van der Waals surface area contributed by atoms with Gasteiger partial charge in [0.15, 0.2) is 5.96 Å². The number of aryl methyl sites for hydroxylation is 1. The maximum atomic E-state index is 5.99. The van der Waals surface area contributed by atoms with E-state index in [1.54, 1.807) is 11.3 Å². The number of aromatic nitrogens is 1. The summed E-state index contributed by atoms with van der Waals surface area (Å²) < 4.78 is 0. The molecule has 0 saturated carbocycles. The van der Waals surface area contributed by atoms with E-state index in [0.717, 1.165) is 34.5 Å². The number of hydrogen-bond donors (Lipinski definition) is 2. The highest BCUT2D eigenvalue weighted by molar-refractivity contribution is 7.11. The van der Waals surface area contributed by atoms with Crippen molar-refractivity contribution in [2.45, 2.75) is 33.4 Å². The number of benzene rings is 1. The van der Waals surface area contributed by atoms with Crippen LogP contribution in [0.3, 0.4) is 0 Å². The fraction of sp³-hybridized carbons (Fsp3) is 0.375. The van der Waals surface area contributed by atoms with Gasteiger partial charge in [0.05, 0.1) is 13.1 Å². The molecule has 0 aliphatic rings. The highest BCUT2D eigenvalue weighted by atomic mass is 35.5. The average molecular weight is 337 g/mol. The van der Waals surface area contributed by atoms with Crippen molar-refractivity contribution < 1.29 is 0 Å². The van der Waals surface area contributed by atoms with Crippen LogP contribution in [0.25, 0.3) is 0 Å². The summed E-state index contributed by atoms with van der Waals surface area (Å²) in [6, 6.07) is 7.76. The van der Waals surface area contributed by atoms with Crippen molar-refractivity contribution in [1.29, 1.82) is 0 Å². The second kappa shape index (κ2) is 8.76. The SMILES string of the molecule is CCNC(=NCc1cccc(Cl)c1)NCc1ncc(CC)s1. The normalized spacial score (nSPS) is 11.5. The van der Waals surface area contributed by atoms with Gasteiger partial charge in [-0.25, -0.2) is 9.98 Å². The van der Waals surface area contributed by atoms with Crippen LogP contribution in [-0.4, -0.2) is 17.5 Å². The Morgan fingerprint density at radius 1 is 1.32 bits per heavy atom. The first-order valence-electron chi connectivity index (χ1n) is 7.41. The molecule has 1 aromatic heterocycles. The Morgan fingerprint density at radius 3 is 2.86 bits per heavy atom. The van der Waals surface area contributed by atoms with E-state index in [1.165, 1.54) is 4.88 Å². The lowest BCUT2D eigenvalue weighted by molar-refractivity contribution is 0.811. The molecule has 0 unspecified atom stereocenters. The van der Waals surface area contributed by atoms with Crippen LogP contribution in [0, 0.1) is 0 Å². The van der Waals surface area contributed by atoms with Crippen molar-refractivity contribution >= 4 is 28.9 Å². The van der Waals surface area contributed by atoms with Crippen molar-refractivity contribution in [1.82, 2.24) is 15.6 Å². The Hall–Kier alpha value is -1.59. The van der Waals surface area contributed by atoms with E-state index in [9.17, 15) is 0 Å². The minimum atomic E-state index is 0.591. The van der Waals surface area contributed by atoms with Crippen LogP contribution in [0.4, 0.5) is 0 Å². The molecule has 2 aromatic rings. The van der Waals surface area contributed by atoms with Gasteiger partial charge in [-0.2, -0.15) is 0 Å². The summed E-state index contributed by atoms with van der Waals surface area (Å²) >= 11 is 7.73.